The Hall–Kier alpha value is -3.45. The highest BCUT2D eigenvalue weighted by Crippen LogP contribution is 2.31. The predicted octanol–water partition coefficient (Wildman–Crippen LogP) is 2.43. The molecule has 0 radical (unpaired) electrons. The monoisotopic (exact) mass is 540 g/mol. The molecule has 0 saturated carbocycles. The summed E-state index contributed by atoms with van der Waals surface area (Å²) in [5.74, 6) is -5.84. The van der Waals surface area contributed by atoms with Gasteiger partial charge >= 0.3 is 11.9 Å². The lowest BCUT2D eigenvalue weighted by Crippen LogP contribution is -2.43. The van der Waals surface area contributed by atoms with Crippen LogP contribution in [0.15, 0.2) is 36.4 Å². The maximum absolute atomic E-state index is 14.3. The van der Waals surface area contributed by atoms with Gasteiger partial charge in [-0.05, 0) is 29.8 Å². The topological polar surface area (TPSA) is 139 Å². The van der Waals surface area contributed by atoms with Gasteiger partial charge in [-0.1, -0.05) is 17.8 Å². The maximum atomic E-state index is 14.3. The summed E-state index contributed by atoms with van der Waals surface area (Å²) in [5.41, 5.74) is -0.107. The number of benzene rings is 2. The number of aliphatic carboxylic acids is 1. The molecule has 0 fully saturated rings. The molecule has 0 aliphatic heterocycles. The number of thiol groups is 1. The molecule has 192 valence electrons. The Labute approximate surface area is 214 Å². The van der Waals surface area contributed by atoms with E-state index in [9.17, 15) is 37.9 Å². The maximum Gasteiger partial charge on any atom is 0.334 e. The van der Waals surface area contributed by atoms with Crippen molar-refractivity contribution in [1.82, 2.24) is 10.6 Å². The van der Waals surface area contributed by atoms with E-state index in [1.165, 1.54) is 25.1 Å². The zero-order chi connectivity index (χ0) is 27.0. The Morgan fingerprint density at radius 1 is 1.00 bits per heavy atom. The van der Waals surface area contributed by atoms with E-state index >= 15 is 0 Å². The third kappa shape index (κ3) is 8.05. The molecule has 9 nitrogen and oxygen atoms in total. The summed E-state index contributed by atoms with van der Waals surface area (Å²) in [6.07, 6.45) is 0. The smallest absolute Gasteiger partial charge is 0.334 e. The normalized spacial score (nSPS) is 12.2. The van der Waals surface area contributed by atoms with Gasteiger partial charge in [0.15, 0.2) is 0 Å². The Bertz CT molecular complexity index is 1190. The lowest BCUT2D eigenvalue weighted by Gasteiger charge is -2.17. The highest BCUT2D eigenvalue weighted by Gasteiger charge is 2.26. The van der Waals surface area contributed by atoms with E-state index in [0.717, 1.165) is 19.1 Å². The quantitative estimate of drug-likeness (QED) is 0.205. The van der Waals surface area contributed by atoms with Crippen molar-refractivity contribution in [2.45, 2.75) is 25.9 Å². The number of halogens is 2. The largest absolute Gasteiger partial charge is 0.480 e. The number of amides is 2. The van der Waals surface area contributed by atoms with Crippen molar-refractivity contribution in [2.24, 2.45) is 0 Å². The number of ether oxygens (including phenoxy) is 1. The van der Waals surface area contributed by atoms with Crippen molar-refractivity contribution < 1.29 is 42.6 Å². The van der Waals surface area contributed by atoms with Crippen molar-refractivity contribution >= 4 is 53.3 Å². The van der Waals surface area contributed by atoms with Gasteiger partial charge in [-0.25, -0.2) is 18.4 Å². The van der Waals surface area contributed by atoms with Crippen LogP contribution in [0.5, 0.6) is 5.75 Å². The van der Waals surface area contributed by atoms with E-state index in [2.05, 4.69) is 23.3 Å². The molecule has 3 N–H and O–H groups in total. The van der Waals surface area contributed by atoms with Crippen LogP contribution < -0.4 is 15.4 Å². The number of hydrogen-bond donors (Lipinski definition) is 4. The van der Waals surface area contributed by atoms with Crippen molar-refractivity contribution in [2.75, 3.05) is 11.5 Å². The molecular formula is C23H22F2N2O7S2. The van der Waals surface area contributed by atoms with Crippen LogP contribution in [0.3, 0.4) is 0 Å². The second-order valence-corrected chi connectivity index (χ2v) is 8.74. The number of thioether (sulfide) groups is 1. The minimum Gasteiger partial charge on any atom is -0.480 e. The highest BCUT2D eigenvalue weighted by atomic mass is 32.2. The summed E-state index contributed by atoms with van der Waals surface area (Å²) < 4.78 is 33.0. The first-order valence-electron chi connectivity index (χ1n) is 10.3. The molecule has 0 heterocycles. The number of carboxylic acids is 1. The molecule has 0 aliphatic carbocycles. The molecule has 2 atom stereocenters. The highest BCUT2D eigenvalue weighted by molar-refractivity contribution is 8.14. The average Bonchev–Trinajstić information content (AvgIpc) is 2.79. The second-order valence-electron chi connectivity index (χ2n) is 7.38. The van der Waals surface area contributed by atoms with Crippen LogP contribution in [0.4, 0.5) is 8.78 Å². The summed E-state index contributed by atoms with van der Waals surface area (Å²) in [7, 11) is 0. The molecule has 0 bridgehead atoms. The van der Waals surface area contributed by atoms with Gasteiger partial charge in [0.25, 0.3) is 0 Å². The fourth-order valence-corrected chi connectivity index (χ4v) is 4.03. The van der Waals surface area contributed by atoms with Crippen molar-refractivity contribution in [3.05, 3.63) is 53.6 Å². The van der Waals surface area contributed by atoms with Crippen LogP contribution in [0.2, 0.25) is 0 Å². The summed E-state index contributed by atoms with van der Waals surface area (Å²) in [6, 6.07) is 4.10. The number of carbonyl (C=O) groups excluding carboxylic acids is 4. The molecule has 2 aromatic carbocycles. The Balaban J connectivity index is 2.43. The van der Waals surface area contributed by atoms with Gasteiger partial charge in [0.05, 0.1) is 5.56 Å². The van der Waals surface area contributed by atoms with Gasteiger partial charge in [0.2, 0.25) is 16.9 Å². The van der Waals surface area contributed by atoms with Crippen molar-refractivity contribution in [3.8, 4) is 16.9 Å². The Kier molecular flexibility index (Phi) is 10.4. The molecule has 0 saturated heterocycles. The number of carboxylic acid groups (broad SMARTS) is 1. The third-order valence-corrected chi connectivity index (χ3v) is 5.90. The minimum atomic E-state index is -1.38. The lowest BCUT2D eigenvalue weighted by atomic mass is 10.0. The molecule has 0 aliphatic rings. The fourth-order valence-electron chi connectivity index (χ4n) is 2.93. The molecule has 36 heavy (non-hydrogen) atoms. The van der Waals surface area contributed by atoms with E-state index in [-0.39, 0.29) is 33.9 Å². The van der Waals surface area contributed by atoms with Crippen LogP contribution >= 0.6 is 24.4 Å². The Morgan fingerprint density at radius 2 is 1.64 bits per heavy atom. The number of hydrogen-bond acceptors (Lipinski definition) is 8. The first-order chi connectivity index (χ1) is 16.9. The number of esters is 1. The molecule has 2 aromatic rings. The van der Waals surface area contributed by atoms with Gasteiger partial charge < -0.3 is 20.5 Å². The van der Waals surface area contributed by atoms with Gasteiger partial charge in [0.1, 0.15) is 29.5 Å². The van der Waals surface area contributed by atoms with E-state index < -0.39 is 52.6 Å². The second kappa shape index (κ2) is 13.0. The van der Waals surface area contributed by atoms with Crippen molar-refractivity contribution in [1.29, 1.82) is 0 Å². The molecule has 0 aromatic heterocycles. The molecule has 13 heteroatoms. The zero-order valence-corrected chi connectivity index (χ0v) is 20.8. The van der Waals surface area contributed by atoms with Gasteiger partial charge in [-0.15, -0.1) is 0 Å². The van der Waals surface area contributed by atoms with Crippen LogP contribution in [0.25, 0.3) is 11.1 Å². The van der Waals surface area contributed by atoms with E-state index in [1.54, 1.807) is 0 Å². The molecule has 2 rings (SSSR count). The van der Waals surface area contributed by atoms with Crippen LogP contribution in [0, 0.1) is 11.6 Å². The number of carbonyl (C=O) groups is 5. The van der Waals surface area contributed by atoms with Crippen LogP contribution in [-0.4, -0.2) is 57.6 Å². The van der Waals surface area contributed by atoms with Gasteiger partial charge in [-0.3, -0.25) is 14.4 Å². The SMILES string of the molecule is CC(=O)NC(CSC(=O)c1cc(-c2ccc(F)cc2F)ccc1OC(=O)C(CS)NC(C)=O)C(=O)O. The van der Waals surface area contributed by atoms with E-state index in [1.807, 2.05) is 0 Å². The molecule has 2 amide bonds. The Morgan fingerprint density at radius 3 is 2.19 bits per heavy atom. The minimum absolute atomic E-state index is 0.0403. The summed E-state index contributed by atoms with van der Waals surface area (Å²) in [5, 5.41) is 13.1. The molecule has 2 unspecified atom stereocenters. The summed E-state index contributed by atoms with van der Waals surface area (Å²) in [4.78, 5) is 59.5. The zero-order valence-electron chi connectivity index (χ0n) is 19.0. The van der Waals surface area contributed by atoms with E-state index in [4.69, 9.17) is 4.74 Å². The molecular weight excluding hydrogens is 518 g/mol. The standard InChI is InChI=1S/C23H22F2N2O7S2/c1-11(28)26-18(9-35)22(32)34-20-6-3-13(15-5-4-14(24)8-17(15)25)7-16(20)23(33)36-10-19(21(30)31)27-12(2)29/h3-8,18-19,35H,9-10H2,1-2H3,(H,26,28)(H,27,29)(H,30,31). The van der Waals surface area contributed by atoms with Crippen LogP contribution in [0.1, 0.15) is 24.2 Å². The van der Waals surface area contributed by atoms with Crippen LogP contribution in [-0.2, 0) is 19.2 Å². The number of rotatable bonds is 10. The predicted molar refractivity (Wildman–Crippen MR) is 131 cm³/mol. The lowest BCUT2D eigenvalue weighted by molar-refractivity contribution is -0.140. The van der Waals surface area contributed by atoms with Gasteiger partial charge in [0, 0.05) is 37.0 Å². The van der Waals surface area contributed by atoms with E-state index in [0.29, 0.717) is 17.8 Å². The number of nitrogens with one attached hydrogen (secondary N) is 2. The third-order valence-electron chi connectivity index (χ3n) is 4.55. The van der Waals surface area contributed by atoms with Crippen molar-refractivity contribution in [3.63, 3.8) is 0 Å². The summed E-state index contributed by atoms with van der Waals surface area (Å²) >= 11 is 4.52. The first-order valence-corrected chi connectivity index (χ1v) is 11.9. The average molecular weight is 541 g/mol. The fraction of sp³-hybridized carbons (Fsp3) is 0.261. The summed E-state index contributed by atoms with van der Waals surface area (Å²) in [6.45, 7) is 2.31. The molecule has 0 spiro atoms. The van der Waals surface area contributed by atoms with Gasteiger partial charge in [-0.2, -0.15) is 12.6 Å². The first kappa shape index (κ1) is 28.8.